The van der Waals surface area contributed by atoms with Crippen molar-refractivity contribution in [2.45, 2.75) is 113 Å². The van der Waals surface area contributed by atoms with Gasteiger partial charge in [-0.2, -0.15) is 0 Å². The van der Waals surface area contributed by atoms with Crippen LogP contribution in [0.2, 0.25) is 0 Å². The Bertz CT molecular complexity index is 528. The predicted molar refractivity (Wildman–Crippen MR) is 141 cm³/mol. The molecular weight excluding hydrogens is 486 g/mol. The smallest absolute Gasteiger partial charge is 0.508 e. The van der Waals surface area contributed by atoms with E-state index in [1.807, 2.05) is 0 Å². The number of hydrogen-bond donors (Lipinski definition) is 7. The standard InChI is InChI=1S/C14H23NO3.4C3H8O.Ti/c1-14(2,3)13(9-16)15-8-10-7-11(18-4)5-6-12(10)17;4*1-3(2)4;/h5-7,13,15-17H,8-9H2,1-4H3;4*3-4H,1-2H3;/q;;;;;+4/t13-;;;;;/m1...../s1. The molecule has 0 amide bonds. The van der Waals surface area contributed by atoms with E-state index in [0.29, 0.717) is 12.3 Å². The summed E-state index contributed by atoms with van der Waals surface area (Å²) in [4.78, 5) is 0. The minimum Gasteiger partial charge on any atom is -0.508 e. The van der Waals surface area contributed by atoms with Crippen LogP contribution in [0.15, 0.2) is 18.2 Å². The molecule has 0 bridgehead atoms. The van der Waals surface area contributed by atoms with Crippen molar-refractivity contribution in [3.05, 3.63) is 23.8 Å². The molecule has 0 fully saturated rings. The third-order valence-corrected chi connectivity index (χ3v) is 3.05. The van der Waals surface area contributed by atoms with Crippen LogP contribution in [-0.2, 0) is 28.3 Å². The Kier molecular flexibility index (Phi) is 33.4. The number of methoxy groups -OCH3 is 1. The summed E-state index contributed by atoms with van der Waals surface area (Å²) in [5.41, 5.74) is 0.723. The summed E-state index contributed by atoms with van der Waals surface area (Å²) >= 11 is 0. The van der Waals surface area contributed by atoms with E-state index in [4.69, 9.17) is 25.2 Å². The monoisotopic (exact) mass is 541 g/mol. The van der Waals surface area contributed by atoms with Crippen LogP contribution in [0.5, 0.6) is 11.5 Å². The minimum atomic E-state index is -0.167. The van der Waals surface area contributed by atoms with Crippen molar-refractivity contribution < 1.29 is 57.1 Å². The maximum Gasteiger partial charge on any atom is 4.00 e. The number of aromatic hydroxyl groups is 1. The van der Waals surface area contributed by atoms with Crippen LogP contribution < -0.4 is 10.1 Å². The first-order chi connectivity index (χ1) is 15.3. The molecule has 0 aliphatic carbocycles. The first kappa shape index (κ1) is 44.3. The topological polar surface area (TPSA) is 143 Å². The van der Waals surface area contributed by atoms with Crippen LogP contribution in [0.3, 0.4) is 0 Å². The van der Waals surface area contributed by atoms with Gasteiger partial charge in [0.05, 0.1) is 13.7 Å². The summed E-state index contributed by atoms with van der Waals surface area (Å²) < 4.78 is 5.12. The summed E-state index contributed by atoms with van der Waals surface area (Å²) in [6, 6.07) is 5.09. The SMILES string of the molecule is CC(C)O.CC(C)O.CC(C)O.CC(C)O.COc1ccc(O)c(CN[C@H](CO)C(C)(C)C)c1.[Ti+4]. The van der Waals surface area contributed by atoms with Gasteiger partial charge in [-0.1, -0.05) is 20.8 Å². The third-order valence-electron chi connectivity index (χ3n) is 3.05. The molecule has 9 heteroatoms. The van der Waals surface area contributed by atoms with E-state index in [1.165, 1.54) is 0 Å². The molecular formula is C26H55NO7Ti+4. The Morgan fingerprint density at radius 1 is 0.800 bits per heavy atom. The fourth-order valence-corrected chi connectivity index (χ4v) is 1.71. The summed E-state index contributed by atoms with van der Waals surface area (Å²) in [5.74, 6) is 0.940. The van der Waals surface area contributed by atoms with Crippen LogP contribution in [0, 0.1) is 5.41 Å². The summed E-state index contributed by atoms with van der Waals surface area (Å²) in [5, 5.41) is 54.6. The number of hydrogen-bond acceptors (Lipinski definition) is 8. The first-order valence-electron chi connectivity index (χ1n) is 11.7. The fourth-order valence-electron chi connectivity index (χ4n) is 1.71. The van der Waals surface area contributed by atoms with Crippen molar-refractivity contribution in [1.29, 1.82) is 0 Å². The van der Waals surface area contributed by atoms with Gasteiger partial charge in [0.15, 0.2) is 0 Å². The molecule has 0 aromatic heterocycles. The van der Waals surface area contributed by atoms with Crippen molar-refractivity contribution in [1.82, 2.24) is 5.32 Å². The first-order valence-corrected chi connectivity index (χ1v) is 11.7. The van der Waals surface area contributed by atoms with Crippen molar-refractivity contribution in [2.75, 3.05) is 13.7 Å². The number of aliphatic hydroxyl groups is 5. The predicted octanol–water partition coefficient (Wildman–Crippen LogP) is 3.44. The zero-order chi connectivity index (χ0) is 28.1. The normalized spacial score (nSPS) is 11.0. The summed E-state index contributed by atoms with van der Waals surface area (Å²) in [7, 11) is 1.59. The number of phenols is 1. The fraction of sp³-hybridized carbons (Fsp3) is 0.769. The van der Waals surface area contributed by atoms with Crippen molar-refractivity contribution >= 4 is 0 Å². The maximum atomic E-state index is 9.76. The number of aliphatic hydroxyl groups excluding tert-OH is 5. The zero-order valence-electron chi connectivity index (χ0n) is 24.1. The molecule has 0 aliphatic rings. The van der Waals surface area contributed by atoms with Crippen molar-refractivity contribution in [3.8, 4) is 11.5 Å². The van der Waals surface area contributed by atoms with E-state index in [-0.39, 0.29) is 69.9 Å². The molecule has 1 rings (SSSR count). The Morgan fingerprint density at radius 3 is 1.40 bits per heavy atom. The molecule has 7 N–H and O–H groups in total. The molecule has 0 unspecified atom stereocenters. The molecule has 0 saturated carbocycles. The largest absolute Gasteiger partial charge is 4.00 e. The van der Waals surface area contributed by atoms with Gasteiger partial charge in [0.25, 0.3) is 0 Å². The van der Waals surface area contributed by atoms with Gasteiger partial charge in [0, 0.05) is 42.6 Å². The van der Waals surface area contributed by atoms with Crippen LogP contribution in [0.1, 0.15) is 81.7 Å². The Labute approximate surface area is 229 Å². The van der Waals surface area contributed by atoms with E-state index in [9.17, 15) is 10.2 Å². The van der Waals surface area contributed by atoms with Gasteiger partial charge in [0.2, 0.25) is 0 Å². The molecule has 0 heterocycles. The molecule has 0 saturated heterocycles. The second-order valence-electron chi connectivity index (χ2n) is 9.85. The average Bonchev–Trinajstić information content (AvgIpc) is 2.60. The van der Waals surface area contributed by atoms with E-state index >= 15 is 0 Å². The molecule has 0 radical (unpaired) electrons. The van der Waals surface area contributed by atoms with Crippen LogP contribution in [0.4, 0.5) is 0 Å². The van der Waals surface area contributed by atoms with Gasteiger partial charge in [-0.05, 0) is 79.0 Å². The summed E-state index contributed by atoms with van der Waals surface area (Å²) in [6.45, 7) is 20.5. The van der Waals surface area contributed by atoms with Gasteiger partial charge in [-0.3, -0.25) is 0 Å². The van der Waals surface area contributed by atoms with Gasteiger partial charge in [0.1, 0.15) is 11.5 Å². The quantitative estimate of drug-likeness (QED) is 0.281. The number of rotatable bonds is 5. The van der Waals surface area contributed by atoms with Crippen molar-refractivity contribution in [3.63, 3.8) is 0 Å². The second kappa shape index (κ2) is 26.4. The molecule has 0 aliphatic heterocycles. The van der Waals surface area contributed by atoms with Gasteiger partial charge in [-0.25, -0.2) is 0 Å². The number of phenolic OH excluding ortho intramolecular Hbond substituents is 1. The molecule has 206 valence electrons. The number of benzene rings is 1. The average molecular weight is 542 g/mol. The van der Waals surface area contributed by atoms with Crippen LogP contribution in [-0.4, -0.2) is 74.8 Å². The van der Waals surface area contributed by atoms with E-state index < -0.39 is 0 Å². The molecule has 0 spiro atoms. The third kappa shape index (κ3) is 43.8. The molecule has 1 aromatic carbocycles. The minimum absolute atomic E-state index is 0. The van der Waals surface area contributed by atoms with E-state index in [0.717, 1.165) is 5.56 Å². The molecule has 1 aromatic rings. The molecule has 1 atom stereocenters. The van der Waals surface area contributed by atoms with Gasteiger partial charge < -0.3 is 40.7 Å². The Hall–Kier alpha value is -0.706. The zero-order valence-corrected chi connectivity index (χ0v) is 25.7. The van der Waals surface area contributed by atoms with Crippen LogP contribution in [0.25, 0.3) is 0 Å². The van der Waals surface area contributed by atoms with Crippen molar-refractivity contribution in [2.24, 2.45) is 5.41 Å². The molecule has 8 nitrogen and oxygen atoms in total. The summed E-state index contributed by atoms with van der Waals surface area (Å²) in [6.07, 6.45) is -0.667. The Balaban J connectivity index is -0.000000145. The second-order valence-corrected chi connectivity index (χ2v) is 9.85. The van der Waals surface area contributed by atoms with Gasteiger partial charge in [-0.15, -0.1) is 0 Å². The molecule has 35 heavy (non-hydrogen) atoms. The maximum absolute atomic E-state index is 9.76. The van der Waals surface area contributed by atoms with E-state index in [1.54, 1.807) is 80.7 Å². The number of ether oxygens (including phenoxy) is 1. The Morgan fingerprint density at radius 2 is 1.14 bits per heavy atom. The van der Waals surface area contributed by atoms with Gasteiger partial charge >= 0.3 is 21.7 Å². The number of nitrogens with one attached hydrogen (secondary N) is 1. The van der Waals surface area contributed by atoms with Crippen LogP contribution >= 0.6 is 0 Å². The van der Waals surface area contributed by atoms with E-state index in [2.05, 4.69) is 26.1 Å².